The van der Waals surface area contributed by atoms with Crippen LogP contribution in [0.15, 0.2) is 72.8 Å². The lowest BCUT2D eigenvalue weighted by Crippen LogP contribution is -2.27. The SMILES string of the molecule is CCCCC(Oc1cccc(N(S)C(N)=O)c1)Oc1ccccc1-c1cccc(C)c1. The topological polar surface area (TPSA) is 64.8 Å². The van der Waals surface area contributed by atoms with Crippen molar-refractivity contribution in [3.8, 4) is 22.6 Å². The van der Waals surface area contributed by atoms with Crippen LogP contribution in [0.25, 0.3) is 11.1 Å². The molecule has 31 heavy (non-hydrogen) atoms. The Labute approximate surface area is 189 Å². The number of rotatable bonds is 9. The maximum Gasteiger partial charge on any atom is 0.329 e. The van der Waals surface area contributed by atoms with Crippen LogP contribution in [0.2, 0.25) is 0 Å². The predicted molar refractivity (Wildman–Crippen MR) is 129 cm³/mol. The van der Waals surface area contributed by atoms with E-state index in [1.165, 1.54) is 5.56 Å². The lowest BCUT2D eigenvalue weighted by atomic mass is 10.0. The lowest BCUT2D eigenvalue weighted by molar-refractivity contribution is -0.00164. The van der Waals surface area contributed by atoms with E-state index >= 15 is 0 Å². The Bertz CT molecular complexity index is 1020. The third-order valence-electron chi connectivity index (χ3n) is 4.81. The van der Waals surface area contributed by atoms with Crippen LogP contribution in [0.5, 0.6) is 11.5 Å². The Hall–Kier alpha value is -3.12. The fourth-order valence-corrected chi connectivity index (χ4v) is 3.37. The number of para-hydroxylation sites is 1. The third kappa shape index (κ3) is 6.18. The molecule has 2 N–H and O–H groups in total. The van der Waals surface area contributed by atoms with Gasteiger partial charge < -0.3 is 15.2 Å². The zero-order chi connectivity index (χ0) is 22.2. The Balaban J connectivity index is 1.85. The molecular formula is C25H28N2O3S. The second-order valence-electron chi connectivity index (χ2n) is 7.32. The van der Waals surface area contributed by atoms with Crippen LogP contribution in [0, 0.1) is 6.92 Å². The van der Waals surface area contributed by atoms with Gasteiger partial charge in [0.05, 0.1) is 5.69 Å². The first kappa shape index (κ1) is 22.6. The van der Waals surface area contributed by atoms with Gasteiger partial charge in [0.2, 0.25) is 6.29 Å². The highest BCUT2D eigenvalue weighted by Crippen LogP contribution is 2.32. The fourth-order valence-electron chi connectivity index (χ4n) is 3.24. The van der Waals surface area contributed by atoms with Gasteiger partial charge in [-0.05, 0) is 37.1 Å². The molecule has 0 saturated heterocycles. The number of anilines is 1. The number of hydrogen-bond acceptors (Lipinski definition) is 4. The summed E-state index contributed by atoms with van der Waals surface area (Å²) in [4.78, 5) is 11.4. The van der Waals surface area contributed by atoms with Gasteiger partial charge in [0.1, 0.15) is 11.5 Å². The molecule has 0 aromatic heterocycles. The summed E-state index contributed by atoms with van der Waals surface area (Å²) in [6, 6.07) is 22.7. The van der Waals surface area contributed by atoms with Gasteiger partial charge in [-0.25, -0.2) is 9.10 Å². The number of aryl methyl sites for hydroxylation is 1. The summed E-state index contributed by atoms with van der Waals surface area (Å²) < 4.78 is 13.6. The molecular weight excluding hydrogens is 408 g/mol. The molecule has 3 aromatic rings. The van der Waals surface area contributed by atoms with Crippen molar-refractivity contribution in [2.24, 2.45) is 5.73 Å². The quantitative estimate of drug-likeness (QED) is 0.303. The first-order valence-electron chi connectivity index (χ1n) is 10.4. The molecule has 0 radical (unpaired) electrons. The van der Waals surface area contributed by atoms with Gasteiger partial charge >= 0.3 is 6.03 Å². The highest BCUT2D eigenvalue weighted by atomic mass is 32.1. The normalized spacial score (nSPS) is 11.6. The van der Waals surface area contributed by atoms with E-state index in [1.807, 2.05) is 36.4 Å². The van der Waals surface area contributed by atoms with Crippen molar-refractivity contribution < 1.29 is 14.3 Å². The van der Waals surface area contributed by atoms with E-state index in [2.05, 4.69) is 44.9 Å². The van der Waals surface area contributed by atoms with Gasteiger partial charge in [0.15, 0.2) is 0 Å². The molecule has 0 aliphatic carbocycles. The summed E-state index contributed by atoms with van der Waals surface area (Å²) in [6.07, 6.45) is 2.22. The highest BCUT2D eigenvalue weighted by Gasteiger charge is 2.16. The summed E-state index contributed by atoms with van der Waals surface area (Å²) in [6.45, 7) is 4.20. The summed E-state index contributed by atoms with van der Waals surface area (Å²) in [7, 11) is 0. The number of nitrogens with two attached hydrogens (primary N) is 1. The van der Waals surface area contributed by atoms with E-state index in [0.717, 1.165) is 40.4 Å². The molecule has 162 valence electrons. The number of unbranched alkanes of at least 4 members (excludes halogenated alkanes) is 1. The molecule has 0 aliphatic heterocycles. The molecule has 1 atom stereocenters. The van der Waals surface area contributed by atoms with Crippen molar-refractivity contribution in [2.75, 3.05) is 4.31 Å². The largest absolute Gasteiger partial charge is 0.455 e. The Kier molecular flexibility index (Phi) is 7.84. The monoisotopic (exact) mass is 436 g/mol. The number of carbonyl (C=O) groups excluding carboxylic acids is 1. The standard InChI is InChI=1S/C25H28N2O3S/c1-3-4-15-24(29-21-12-8-11-20(17-21)27(31)25(26)28)30-23-14-6-5-13-22(23)19-10-7-9-18(2)16-19/h5-14,16-17,24,31H,3-4,15H2,1-2H3,(H2,26,28). The van der Waals surface area contributed by atoms with Gasteiger partial charge in [-0.3, -0.25) is 0 Å². The zero-order valence-corrected chi connectivity index (χ0v) is 18.7. The lowest BCUT2D eigenvalue weighted by Gasteiger charge is -2.23. The number of nitrogens with zero attached hydrogens (tertiary/aromatic N) is 1. The molecule has 0 saturated carbocycles. The van der Waals surface area contributed by atoms with Crippen LogP contribution < -0.4 is 19.5 Å². The van der Waals surface area contributed by atoms with Crippen molar-refractivity contribution in [1.82, 2.24) is 0 Å². The molecule has 3 rings (SSSR count). The summed E-state index contributed by atoms with van der Waals surface area (Å²) >= 11 is 4.12. The van der Waals surface area contributed by atoms with Crippen LogP contribution in [0.4, 0.5) is 10.5 Å². The second kappa shape index (κ2) is 10.8. The summed E-state index contributed by atoms with van der Waals surface area (Å²) in [5.74, 6) is 1.34. The molecule has 3 aromatic carbocycles. The third-order valence-corrected chi connectivity index (χ3v) is 5.23. The minimum atomic E-state index is -0.661. The van der Waals surface area contributed by atoms with Crippen LogP contribution in [0.1, 0.15) is 31.7 Å². The molecule has 2 amide bonds. The van der Waals surface area contributed by atoms with Crippen molar-refractivity contribution in [2.45, 2.75) is 39.4 Å². The molecule has 0 bridgehead atoms. The van der Waals surface area contributed by atoms with Gasteiger partial charge in [0, 0.05) is 18.1 Å². The van der Waals surface area contributed by atoms with Crippen LogP contribution >= 0.6 is 12.8 Å². The first-order valence-corrected chi connectivity index (χ1v) is 10.8. The van der Waals surface area contributed by atoms with Gasteiger partial charge in [-0.2, -0.15) is 0 Å². The minimum Gasteiger partial charge on any atom is -0.455 e. The van der Waals surface area contributed by atoms with Crippen LogP contribution in [-0.4, -0.2) is 12.3 Å². The fraction of sp³-hybridized carbons (Fsp3) is 0.240. The van der Waals surface area contributed by atoms with Crippen molar-refractivity contribution >= 4 is 24.5 Å². The first-order chi connectivity index (χ1) is 15.0. The number of benzene rings is 3. The molecule has 5 nitrogen and oxygen atoms in total. The average Bonchev–Trinajstić information content (AvgIpc) is 2.77. The van der Waals surface area contributed by atoms with Crippen molar-refractivity contribution in [3.63, 3.8) is 0 Å². The van der Waals surface area contributed by atoms with E-state index in [-0.39, 0.29) is 0 Å². The van der Waals surface area contributed by atoms with Crippen LogP contribution in [-0.2, 0) is 0 Å². The van der Waals surface area contributed by atoms with E-state index in [9.17, 15) is 4.79 Å². The van der Waals surface area contributed by atoms with Crippen LogP contribution in [0.3, 0.4) is 0 Å². The maximum atomic E-state index is 11.4. The zero-order valence-electron chi connectivity index (χ0n) is 17.8. The summed E-state index contributed by atoms with van der Waals surface area (Å²) in [5, 5.41) is 0. The second-order valence-corrected chi connectivity index (χ2v) is 7.72. The predicted octanol–water partition coefficient (Wildman–Crippen LogP) is 6.37. The Morgan fingerprint density at radius 1 is 1.03 bits per heavy atom. The molecule has 1 unspecified atom stereocenters. The minimum absolute atomic E-state index is 0.483. The van der Waals surface area contributed by atoms with E-state index in [1.54, 1.807) is 18.2 Å². The van der Waals surface area contributed by atoms with Gasteiger partial charge in [-0.1, -0.05) is 80.3 Å². The number of carbonyl (C=O) groups is 1. The van der Waals surface area contributed by atoms with E-state index < -0.39 is 12.3 Å². The van der Waals surface area contributed by atoms with Crippen molar-refractivity contribution in [3.05, 3.63) is 78.4 Å². The number of urea groups is 1. The molecule has 0 aliphatic rings. The Morgan fingerprint density at radius 3 is 2.55 bits per heavy atom. The molecule has 0 fully saturated rings. The van der Waals surface area contributed by atoms with Gasteiger partial charge in [0.25, 0.3) is 0 Å². The number of thiol groups is 1. The Morgan fingerprint density at radius 2 is 1.81 bits per heavy atom. The van der Waals surface area contributed by atoms with E-state index in [4.69, 9.17) is 15.2 Å². The maximum absolute atomic E-state index is 11.4. The number of ether oxygens (including phenoxy) is 2. The smallest absolute Gasteiger partial charge is 0.329 e. The number of hydrogen-bond donors (Lipinski definition) is 2. The number of primary amides is 1. The number of amides is 2. The molecule has 6 heteroatoms. The summed E-state index contributed by atoms with van der Waals surface area (Å²) in [5.41, 5.74) is 9.14. The van der Waals surface area contributed by atoms with E-state index in [0.29, 0.717) is 11.4 Å². The molecule has 0 spiro atoms. The molecule has 0 heterocycles. The van der Waals surface area contributed by atoms with Crippen molar-refractivity contribution in [1.29, 1.82) is 0 Å². The average molecular weight is 437 g/mol. The van der Waals surface area contributed by atoms with Gasteiger partial charge in [-0.15, -0.1) is 0 Å². The highest BCUT2D eigenvalue weighted by molar-refractivity contribution is 7.82.